The van der Waals surface area contributed by atoms with Crippen LogP contribution in [0.25, 0.3) is 0 Å². The van der Waals surface area contributed by atoms with Gasteiger partial charge < -0.3 is 5.32 Å². The van der Waals surface area contributed by atoms with Gasteiger partial charge in [-0.05, 0) is 38.5 Å². The quantitative estimate of drug-likeness (QED) is 0.825. The fraction of sp³-hybridized carbons (Fsp3) is 1.00. The maximum Gasteiger partial charge on any atom is 0.0200 e. The van der Waals surface area contributed by atoms with Crippen LogP contribution >= 0.6 is 0 Å². The number of piperidine rings is 1. The normalized spacial score (nSPS) is 33.5. The SMILES string of the molecule is CCC(C)N1CC(C)CC(NC2CCCCC2)C1. The van der Waals surface area contributed by atoms with E-state index in [9.17, 15) is 0 Å². The molecule has 1 N–H and O–H groups in total. The van der Waals surface area contributed by atoms with Crippen molar-refractivity contribution in [1.82, 2.24) is 10.2 Å². The van der Waals surface area contributed by atoms with Crippen molar-refractivity contribution in [1.29, 1.82) is 0 Å². The molecule has 2 nitrogen and oxygen atoms in total. The van der Waals surface area contributed by atoms with Crippen LogP contribution in [0.4, 0.5) is 0 Å². The summed E-state index contributed by atoms with van der Waals surface area (Å²) in [4.78, 5) is 2.70. The van der Waals surface area contributed by atoms with Gasteiger partial charge in [0.25, 0.3) is 0 Å². The van der Waals surface area contributed by atoms with Crippen LogP contribution in [0, 0.1) is 5.92 Å². The monoisotopic (exact) mass is 252 g/mol. The molecule has 0 bridgehead atoms. The largest absolute Gasteiger partial charge is 0.310 e. The molecule has 0 aromatic heterocycles. The smallest absolute Gasteiger partial charge is 0.0200 e. The summed E-state index contributed by atoms with van der Waals surface area (Å²) in [5, 5.41) is 3.96. The van der Waals surface area contributed by atoms with E-state index < -0.39 is 0 Å². The van der Waals surface area contributed by atoms with Gasteiger partial charge in [0.2, 0.25) is 0 Å². The zero-order valence-corrected chi connectivity index (χ0v) is 12.6. The van der Waals surface area contributed by atoms with E-state index >= 15 is 0 Å². The minimum absolute atomic E-state index is 0.742. The summed E-state index contributed by atoms with van der Waals surface area (Å²) in [7, 11) is 0. The van der Waals surface area contributed by atoms with Crippen LogP contribution in [0.15, 0.2) is 0 Å². The van der Waals surface area contributed by atoms with E-state index in [-0.39, 0.29) is 0 Å². The Morgan fingerprint density at radius 3 is 2.50 bits per heavy atom. The van der Waals surface area contributed by atoms with Crippen LogP contribution in [0.1, 0.15) is 65.7 Å². The number of likely N-dealkylation sites (tertiary alicyclic amines) is 1. The average molecular weight is 252 g/mol. The lowest BCUT2D eigenvalue weighted by Crippen LogP contribution is -2.53. The molecule has 106 valence electrons. The minimum atomic E-state index is 0.742. The Morgan fingerprint density at radius 1 is 1.11 bits per heavy atom. The van der Waals surface area contributed by atoms with Crippen LogP contribution in [0.2, 0.25) is 0 Å². The van der Waals surface area contributed by atoms with Gasteiger partial charge in [-0.1, -0.05) is 33.1 Å². The Labute approximate surface area is 114 Å². The first-order chi connectivity index (χ1) is 8.69. The summed E-state index contributed by atoms with van der Waals surface area (Å²) in [6.45, 7) is 9.70. The summed E-state index contributed by atoms with van der Waals surface area (Å²) in [6.07, 6.45) is 9.82. The van der Waals surface area contributed by atoms with E-state index in [0.29, 0.717) is 0 Å². The molecule has 18 heavy (non-hydrogen) atoms. The number of hydrogen-bond acceptors (Lipinski definition) is 2. The van der Waals surface area contributed by atoms with Gasteiger partial charge in [-0.25, -0.2) is 0 Å². The van der Waals surface area contributed by atoms with E-state index in [0.717, 1.165) is 24.0 Å². The summed E-state index contributed by atoms with van der Waals surface area (Å²) in [6, 6.07) is 2.31. The summed E-state index contributed by atoms with van der Waals surface area (Å²) in [5.74, 6) is 0.855. The van der Waals surface area contributed by atoms with Crippen molar-refractivity contribution in [2.24, 2.45) is 5.92 Å². The second-order valence-corrected chi connectivity index (χ2v) is 6.75. The van der Waals surface area contributed by atoms with Crippen LogP contribution in [-0.2, 0) is 0 Å². The average Bonchev–Trinajstić information content (AvgIpc) is 2.38. The Hall–Kier alpha value is -0.0800. The lowest BCUT2D eigenvalue weighted by molar-refractivity contribution is 0.101. The van der Waals surface area contributed by atoms with Gasteiger partial charge in [-0.15, -0.1) is 0 Å². The highest BCUT2D eigenvalue weighted by atomic mass is 15.2. The summed E-state index contributed by atoms with van der Waals surface area (Å²) >= 11 is 0. The topological polar surface area (TPSA) is 15.3 Å². The maximum absolute atomic E-state index is 3.96. The Bertz CT molecular complexity index is 233. The van der Waals surface area contributed by atoms with Gasteiger partial charge >= 0.3 is 0 Å². The molecule has 2 aliphatic rings. The second kappa shape index (κ2) is 6.91. The third-order valence-corrected chi connectivity index (χ3v) is 4.98. The zero-order valence-electron chi connectivity index (χ0n) is 12.6. The Balaban J connectivity index is 1.83. The molecule has 1 heterocycles. The van der Waals surface area contributed by atoms with Crippen molar-refractivity contribution >= 4 is 0 Å². The first-order valence-electron chi connectivity index (χ1n) is 8.19. The molecular weight excluding hydrogens is 220 g/mol. The van der Waals surface area contributed by atoms with E-state index in [2.05, 4.69) is 31.0 Å². The lowest BCUT2D eigenvalue weighted by Gasteiger charge is -2.41. The fourth-order valence-corrected chi connectivity index (χ4v) is 3.73. The molecule has 0 aromatic rings. The van der Waals surface area contributed by atoms with Crippen molar-refractivity contribution < 1.29 is 0 Å². The molecule has 2 fully saturated rings. The van der Waals surface area contributed by atoms with Crippen molar-refractivity contribution in [3.63, 3.8) is 0 Å². The number of rotatable bonds is 4. The van der Waals surface area contributed by atoms with Crippen molar-refractivity contribution in [3.8, 4) is 0 Å². The molecule has 3 unspecified atom stereocenters. The van der Waals surface area contributed by atoms with E-state index in [4.69, 9.17) is 0 Å². The first kappa shape index (κ1) is 14.3. The van der Waals surface area contributed by atoms with Crippen molar-refractivity contribution in [3.05, 3.63) is 0 Å². The van der Waals surface area contributed by atoms with Crippen LogP contribution < -0.4 is 5.32 Å². The van der Waals surface area contributed by atoms with Gasteiger partial charge in [-0.3, -0.25) is 4.90 Å². The van der Waals surface area contributed by atoms with Gasteiger partial charge in [0.1, 0.15) is 0 Å². The van der Waals surface area contributed by atoms with E-state index in [1.54, 1.807) is 0 Å². The minimum Gasteiger partial charge on any atom is -0.310 e. The van der Waals surface area contributed by atoms with Gasteiger partial charge in [0.15, 0.2) is 0 Å². The number of hydrogen-bond donors (Lipinski definition) is 1. The van der Waals surface area contributed by atoms with Gasteiger partial charge in [0.05, 0.1) is 0 Å². The molecule has 1 saturated carbocycles. The molecule has 1 aliphatic carbocycles. The molecule has 0 radical (unpaired) electrons. The molecule has 3 atom stereocenters. The molecule has 0 aromatic carbocycles. The molecule has 0 amide bonds. The fourth-order valence-electron chi connectivity index (χ4n) is 3.73. The van der Waals surface area contributed by atoms with Gasteiger partial charge in [0, 0.05) is 31.2 Å². The maximum atomic E-state index is 3.96. The first-order valence-corrected chi connectivity index (χ1v) is 8.19. The highest BCUT2D eigenvalue weighted by Crippen LogP contribution is 2.23. The predicted octanol–water partition coefficient (Wildman–Crippen LogP) is 3.42. The standard InChI is InChI=1S/C16H32N2/c1-4-14(3)18-11-13(2)10-16(12-18)17-15-8-6-5-7-9-15/h13-17H,4-12H2,1-3H3. The molecule has 2 rings (SSSR count). The Kier molecular flexibility index (Phi) is 5.50. The third-order valence-electron chi connectivity index (χ3n) is 4.98. The molecule has 1 aliphatic heterocycles. The van der Waals surface area contributed by atoms with Crippen molar-refractivity contribution in [2.45, 2.75) is 83.8 Å². The highest BCUT2D eigenvalue weighted by molar-refractivity contribution is 4.86. The lowest BCUT2D eigenvalue weighted by atomic mass is 9.91. The van der Waals surface area contributed by atoms with Gasteiger partial charge in [-0.2, -0.15) is 0 Å². The van der Waals surface area contributed by atoms with Crippen LogP contribution in [0.3, 0.4) is 0 Å². The number of nitrogens with zero attached hydrogens (tertiary/aromatic N) is 1. The van der Waals surface area contributed by atoms with E-state index in [1.165, 1.54) is 58.0 Å². The Morgan fingerprint density at radius 2 is 1.83 bits per heavy atom. The summed E-state index contributed by atoms with van der Waals surface area (Å²) in [5.41, 5.74) is 0. The molecule has 0 spiro atoms. The summed E-state index contributed by atoms with van der Waals surface area (Å²) < 4.78 is 0. The number of nitrogens with one attached hydrogen (secondary N) is 1. The zero-order chi connectivity index (χ0) is 13.0. The van der Waals surface area contributed by atoms with E-state index in [1.807, 2.05) is 0 Å². The third kappa shape index (κ3) is 3.96. The highest BCUT2D eigenvalue weighted by Gasteiger charge is 2.28. The van der Waals surface area contributed by atoms with Crippen molar-refractivity contribution in [2.75, 3.05) is 13.1 Å². The molecule has 2 heteroatoms. The molecule has 1 saturated heterocycles. The van der Waals surface area contributed by atoms with Crippen LogP contribution in [-0.4, -0.2) is 36.1 Å². The second-order valence-electron chi connectivity index (χ2n) is 6.75. The predicted molar refractivity (Wildman–Crippen MR) is 78.9 cm³/mol. The molecular formula is C16H32N2. The van der Waals surface area contributed by atoms with Crippen LogP contribution in [0.5, 0.6) is 0 Å².